The fourth-order valence-electron chi connectivity index (χ4n) is 2.48. The number of aliphatic hydroxyl groups is 1. The van der Waals surface area contributed by atoms with Crippen LogP contribution in [0.1, 0.15) is 32.1 Å². The van der Waals surface area contributed by atoms with Crippen molar-refractivity contribution in [2.24, 2.45) is 0 Å². The molecule has 2 heterocycles. The first kappa shape index (κ1) is 10.4. The molecule has 0 spiro atoms. The van der Waals surface area contributed by atoms with E-state index in [0.29, 0.717) is 6.61 Å². The van der Waals surface area contributed by atoms with Crippen LogP contribution in [0.4, 0.5) is 0 Å². The second kappa shape index (κ2) is 5.10. The molecule has 2 fully saturated rings. The van der Waals surface area contributed by atoms with Crippen molar-refractivity contribution in [3.63, 3.8) is 0 Å². The lowest BCUT2D eigenvalue weighted by atomic mass is 10.1. The van der Waals surface area contributed by atoms with E-state index in [4.69, 9.17) is 4.74 Å². The molecule has 0 aromatic rings. The summed E-state index contributed by atoms with van der Waals surface area (Å²) < 4.78 is 5.30. The molecule has 0 saturated carbocycles. The van der Waals surface area contributed by atoms with Crippen molar-refractivity contribution < 1.29 is 9.84 Å². The minimum absolute atomic E-state index is 0.255. The van der Waals surface area contributed by atoms with Gasteiger partial charge < -0.3 is 9.84 Å². The largest absolute Gasteiger partial charge is 0.389 e. The van der Waals surface area contributed by atoms with Gasteiger partial charge in [0.25, 0.3) is 0 Å². The van der Waals surface area contributed by atoms with E-state index in [0.717, 1.165) is 19.7 Å². The second-order valence-corrected chi connectivity index (χ2v) is 4.48. The summed E-state index contributed by atoms with van der Waals surface area (Å²) in [4.78, 5) is 2.43. The lowest BCUT2D eigenvalue weighted by molar-refractivity contribution is 0.0769. The van der Waals surface area contributed by atoms with Gasteiger partial charge in [-0.25, -0.2) is 0 Å². The molecule has 14 heavy (non-hydrogen) atoms. The Hall–Kier alpha value is -0.120. The van der Waals surface area contributed by atoms with Crippen molar-refractivity contribution in [2.75, 3.05) is 26.3 Å². The average molecular weight is 199 g/mol. The Morgan fingerprint density at radius 2 is 1.57 bits per heavy atom. The normalized spacial score (nSPS) is 36.6. The van der Waals surface area contributed by atoms with Crippen molar-refractivity contribution in [2.45, 2.75) is 44.2 Å². The molecular weight excluding hydrogens is 178 g/mol. The van der Waals surface area contributed by atoms with Crippen LogP contribution in [0.15, 0.2) is 0 Å². The second-order valence-electron chi connectivity index (χ2n) is 4.48. The minimum Gasteiger partial charge on any atom is -0.389 e. The van der Waals surface area contributed by atoms with E-state index in [1.807, 2.05) is 0 Å². The van der Waals surface area contributed by atoms with E-state index < -0.39 is 0 Å². The van der Waals surface area contributed by atoms with Crippen LogP contribution in [0.5, 0.6) is 0 Å². The highest BCUT2D eigenvalue weighted by Crippen LogP contribution is 2.18. The van der Waals surface area contributed by atoms with Gasteiger partial charge in [0, 0.05) is 0 Å². The molecule has 2 aliphatic heterocycles. The molecule has 0 bridgehead atoms. The van der Waals surface area contributed by atoms with Crippen molar-refractivity contribution in [1.29, 1.82) is 0 Å². The number of ether oxygens (including phenoxy) is 1. The number of likely N-dealkylation sites (tertiary alicyclic amines) is 1. The van der Waals surface area contributed by atoms with E-state index in [1.165, 1.54) is 32.1 Å². The van der Waals surface area contributed by atoms with Crippen LogP contribution in [-0.4, -0.2) is 48.5 Å². The third kappa shape index (κ3) is 2.47. The summed E-state index contributed by atoms with van der Waals surface area (Å²) in [5, 5.41) is 9.74. The Morgan fingerprint density at radius 1 is 0.929 bits per heavy atom. The molecule has 82 valence electrons. The Bertz CT molecular complexity index is 167. The molecule has 0 radical (unpaired) electrons. The first-order valence-corrected chi connectivity index (χ1v) is 5.88. The maximum absolute atomic E-state index is 9.74. The van der Waals surface area contributed by atoms with Crippen molar-refractivity contribution in [1.82, 2.24) is 4.90 Å². The predicted octanol–water partition coefficient (Wildman–Crippen LogP) is 1.01. The Labute approximate surface area is 86.0 Å². The number of nitrogens with zero attached hydrogens (tertiary/aromatic N) is 1. The molecule has 2 unspecified atom stereocenters. The summed E-state index contributed by atoms with van der Waals surface area (Å²) in [5.74, 6) is 0. The molecule has 2 atom stereocenters. The van der Waals surface area contributed by atoms with E-state index in [2.05, 4.69) is 4.90 Å². The monoisotopic (exact) mass is 199 g/mol. The highest BCUT2D eigenvalue weighted by Gasteiger charge is 2.31. The van der Waals surface area contributed by atoms with Gasteiger partial charge in [0.05, 0.1) is 25.4 Å². The van der Waals surface area contributed by atoms with E-state index in [9.17, 15) is 5.11 Å². The van der Waals surface area contributed by atoms with Crippen LogP contribution in [0.25, 0.3) is 0 Å². The summed E-state index contributed by atoms with van der Waals surface area (Å²) in [5.41, 5.74) is 0. The zero-order chi connectivity index (χ0) is 9.80. The first-order valence-electron chi connectivity index (χ1n) is 5.88. The number of hydrogen-bond acceptors (Lipinski definition) is 3. The third-order valence-corrected chi connectivity index (χ3v) is 3.38. The van der Waals surface area contributed by atoms with Crippen LogP contribution in [0.3, 0.4) is 0 Å². The van der Waals surface area contributed by atoms with Gasteiger partial charge in [-0.1, -0.05) is 19.3 Å². The van der Waals surface area contributed by atoms with E-state index in [-0.39, 0.29) is 12.1 Å². The molecule has 0 aliphatic carbocycles. The van der Waals surface area contributed by atoms with Crippen molar-refractivity contribution in [3.05, 3.63) is 0 Å². The maximum Gasteiger partial charge on any atom is 0.0950 e. The van der Waals surface area contributed by atoms with Gasteiger partial charge in [0.2, 0.25) is 0 Å². The molecular formula is C11H21NO2. The smallest absolute Gasteiger partial charge is 0.0950 e. The molecule has 0 aromatic carbocycles. The fourth-order valence-corrected chi connectivity index (χ4v) is 2.48. The molecule has 0 amide bonds. The number of rotatable bonds is 1. The maximum atomic E-state index is 9.74. The highest BCUT2D eigenvalue weighted by molar-refractivity contribution is 4.84. The summed E-state index contributed by atoms with van der Waals surface area (Å²) in [6.45, 7) is 3.54. The number of hydrogen-bond donors (Lipinski definition) is 1. The molecule has 2 aliphatic rings. The van der Waals surface area contributed by atoms with Crippen molar-refractivity contribution in [3.8, 4) is 0 Å². The van der Waals surface area contributed by atoms with Gasteiger partial charge in [0.1, 0.15) is 0 Å². The molecule has 3 nitrogen and oxygen atoms in total. The predicted molar refractivity (Wildman–Crippen MR) is 55.3 cm³/mol. The minimum atomic E-state index is -0.255. The standard InChI is InChI=1S/C11H21NO2/c13-11-9-14-8-10(11)12-6-4-2-1-3-5-7-12/h10-11,13H,1-9H2. The van der Waals surface area contributed by atoms with Crippen LogP contribution in [0, 0.1) is 0 Å². The van der Waals surface area contributed by atoms with Gasteiger partial charge in [-0.05, 0) is 25.9 Å². The van der Waals surface area contributed by atoms with Crippen molar-refractivity contribution >= 4 is 0 Å². The summed E-state index contributed by atoms with van der Waals surface area (Å²) in [6, 6.07) is 0.271. The SMILES string of the molecule is OC1COCC1N1CCCCCCC1. The van der Waals surface area contributed by atoms with Crippen LogP contribution in [-0.2, 0) is 4.74 Å². The summed E-state index contributed by atoms with van der Waals surface area (Å²) in [6.07, 6.45) is 6.39. The van der Waals surface area contributed by atoms with Gasteiger partial charge >= 0.3 is 0 Å². The van der Waals surface area contributed by atoms with Gasteiger partial charge in [0.15, 0.2) is 0 Å². The third-order valence-electron chi connectivity index (χ3n) is 3.38. The lowest BCUT2D eigenvalue weighted by Crippen LogP contribution is -2.44. The van der Waals surface area contributed by atoms with Crippen LogP contribution in [0.2, 0.25) is 0 Å². The number of aliphatic hydroxyl groups excluding tert-OH is 1. The molecule has 2 saturated heterocycles. The highest BCUT2D eigenvalue weighted by atomic mass is 16.5. The zero-order valence-electron chi connectivity index (χ0n) is 8.82. The fraction of sp³-hybridized carbons (Fsp3) is 1.00. The van der Waals surface area contributed by atoms with Gasteiger partial charge in [-0.3, -0.25) is 4.90 Å². The van der Waals surface area contributed by atoms with Gasteiger partial charge in [-0.2, -0.15) is 0 Å². The van der Waals surface area contributed by atoms with Gasteiger partial charge in [-0.15, -0.1) is 0 Å². The summed E-state index contributed by atoms with van der Waals surface area (Å²) in [7, 11) is 0. The summed E-state index contributed by atoms with van der Waals surface area (Å²) >= 11 is 0. The first-order chi connectivity index (χ1) is 6.88. The Kier molecular flexibility index (Phi) is 3.79. The van der Waals surface area contributed by atoms with E-state index in [1.54, 1.807) is 0 Å². The molecule has 3 heteroatoms. The zero-order valence-corrected chi connectivity index (χ0v) is 8.82. The Balaban J connectivity index is 1.86. The topological polar surface area (TPSA) is 32.7 Å². The molecule has 2 rings (SSSR count). The van der Waals surface area contributed by atoms with E-state index >= 15 is 0 Å². The van der Waals surface area contributed by atoms with Crippen LogP contribution >= 0.6 is 0 Å². The van der Waals surface area contributed by atoms with Crippen LogP contribution < -0.4 is 0 Å². The lowest BCUT2D eigenvalue weighted by Gasteiger charge is -2.31. The molecule has 0 aromatic heterocycles. The average Bonchev–Trinajstić information content (AvgIpc) is 2.51. The molecule has 1 N–H and O–H groups in total. The Morgan fingerprint density at radius 3 is 2.14 bits per heavy atom. The quantitative estimate of drug-likeness (QED) is 0.684.